The summed E-state index contributed by atoms with van der Waals surface area (Å²) < 4.78 is 16.9. The fourth-order valence-electron chi connectivity index (χ4n) is 0.830. The van der Waals surface area contributed by atoms with Gasteiger partial charge in [0.2, 0.25) is 6.36 Å². The van der Waals surface area contributed by atoms with E-state index in [1.165, 1.54) is 0 Å². The van der Waals surface area contributed by atoms with Gasteiger partial charge in [-0.2, -0.15) is 0 Å². The van der Waals surface area contributed by atoms with Crippen LogP contribution >= 0.6 is 0 Å². The molecule has 48 valence electrons. The molecule has 1 aliphatic rings. The van der Waals surface area contributed by atoms with Crippen LogP contribution in [0.3, 0.4) is 0 Å². The first-order valence-corrected chi connectivity index (χ1v) is 2.77. The molecule has 3 heteroatoms. The van der Waals surface area contributed by atoms with Crippen LogP contribution in [0.2, 0.25) is 0 Å². The standard InChI is InChI=1S/C5H10FNO/c1-7-4-2-3-8-5(4)6/h4-5,7H,2-3H2,1H3/t4-,5+/m1/s1. The highest BCUT2D eigenvalue weighted by Crippen LogP contribution is 2.12. The quantitative estimate of drug-likeness (QED) is 0.535. The lowest BCUT2D eigenvalue weighted by molar-refractivity contribution is -0.00309. The Morgan fingerprint density at radius 1 is 1.75 bits per heavy atom. The van der Waals surface area contributed by atoms with Gasteiger partial charge in [-0.25, -0.2) is 4.39 Å². The molecule has 1 fully saturated rings. The first-order chi connectivity index (χ1) is 3.84. The molecule has 0 aromatic carbocycles. The molecule has 2 nitrogen and oxygen atoms in total. The summed E-state index contributed by atoms with van der Waals surface area (Å²) in [5.41, 5.74) is 0. The van der Waals surface area contributed by atoms with Gasteiger partial charge in [0.1, 0.15) is 0 Å². The summed E-state index contributed by atoms with van der Waals surface area (Å²) in [5.74, 6) is 0. The zero-order valence-electron chi connectivity index (χ0n) is 4.86. The maximum atomic E-state index is 12.3. The Morgan fingerprint density at radius 3 is 2.75 bits per heavy atom. The summed E-state index contributed by atoms with van der Waals surface area (Å²) >= 11 is 0. The van der Waals surface area contributed by atoms with Crippen molar-refractivity contribution in [1.82, 2.24) is 5.32 Å². The van der Waals surface area contributed by atoms with E-state index in [9.17, 15) is 4.39 Å². The Balaban J connectivity index is 2.30. The molecule has 0 radical (unpaired) electrons. The summed E-state index contributed by atoms with van der Waals surface area (Å²) in [6.07, 6.45) is -0.294. The number of halogens is 1. The summed E-state index contributed by atoms with van der Waals surface area (Å²) in [5, 5.41) is 2.81. The van der Waals surface area contributed by atoms with Gasteiger partial charge in [-0.15, -0.1) is 0 Å². The normalized spacial score (nSPS) is 38.2. The third-order valence-corrected chi connectivity index (χ3v) is 1.39. The van der Waals surface area contributed by atoms with Gasteiger partial charge in [0.15, 0.2) is 0 Å². The molecule has 2 atom stereocenters. The van der Waals surface area contributed by atoms with Crippen molar-refractivity contribution < 1.29 is 9.13 Å². The molecule has 1 saturated heterocycles. The Labute approximate surface area is 48.0 Å². The average Bonchev–Trinajstić information content (AvgIpc) is 2.14. The van der Waals surface area contributed by atoms with Crippen LogP contribution in [0.25, 0.3) is 0 Å². The molecule has 0 bridgehead atoms. The van der Waals surface area contributed by atoms with Crippen LogP contribution < -0.4 is 5.32 Å². The maximum Gasteiger partial charge on any atom is 0.214 e. The number of rotatable bonds is 1. The van der Waals surface area contributed by atoms with Crippen molar-refractivity contribution >= 4 is 0 Å². The van der Waals surface area contributed by atoms with Crippen molar-refractivity contribution in [2.75, 3.05) is 13.7 Å². The van der Waals surface area contributed by atoms with Gasteiger partial charge in [0, 0.05) is 0 Å². The van der Waals surface area contributed by atoms with Gasteiger partial charge in [-0.1, -0.05) is 0 Å². The largest absolute Gasteiger partial charge is 0.347 e. The lowest BCUT2D eigenvalue weighted by atomic mass is 10.3. The smallest absolute Gasteiger partial charge is 0.214 e. The predicted octanol–water partition coefficient (Wildman–Crippen LogP) is 0.290. The van der Waals surface area contributed by atoms with E-state index in [4.69, 9.17) is 0 Å². The number of hydrogen-bond donors (Lipinski definition) is 1. The zero-order chi connectivity index (χ0) is 5.98. The lowest BCUT2D eigenvalue weighted by Gasteiger charge is -2.07. The van der Waals surface area contributed by atoms with Crippen molar-refractivity contribution in [2.24, 2.45) is 0 Å². The molecule has 0 aromatic heterocycles. The van der Waals surface area contributed by atoms with Crippen LogP contribution in [0, 0.1) is 0 Å². The first kappa shape index (κ1) is 5.98. The first-order valence-electron chi connectivity index (χ1n) is 2.77. The SMILES string of the molecule is CN[C@@H]1CCO[C@@H]1F. The highest BCUT2D eigenvalue weighted by Gasteiger charge is 2.25. The van der Waals surface area contributed by atoms with E-state index in [1.54, 1.807) is 7.05 Å². The molecule has 1 N–H and O–H groups in total. The van der Waals surface area contributed by atoms with Crippen LogP contribution in [0.1, 0.15) is 6.42 Å². The minimum absolute atomic E-state index is 0.0741. The van der Waals surface area contributed by atoms with Gasteiger partial charge in [-0.05, 0) is 13.5 Å². The van der Waals surface area contributed by atoms with Crippen LogP contribution in [0.15, 0.2) is 0 Å². The van der Waals surface area contributed by atoms with E-state index in [1.807, 2.05) is 0 Å². The van der Waals surface area contributed by atoms with Crippen LogP contribution in [0.4, 0.5) is 4.39 Å². The van der Waals surface area contributed by atoms with Crippen molar-refractivity contribution in [3.05, 3.63) is 0 Å². The third-order valence-electron chi connectivity index (χ3n) is 1.39. The van der Waals surface area contributed by atoms with E-state index in [2.05, 4.69) is 10.1 Å². The molecule has 0 unspecified atom stereocenters. The van der Waals surface area contributed by atoms with Gasteiger partial charge < -0.3 is 10.1 Å². The fraction of sp³-hybridized carbons (Fsp3) is 1.00. The summed E-state index contributed by atoms with van der Waals surface area (Å²) in [7, 11) is 1.74. The Morgan fingerprint density at radius 2 is 2.50 bits per heavy atom. The molecule has 1 rings (SSSR count). The molecule has 0 spiro atoms. The topological polar surface area (TPSA) is 21.3 Å². The molecule has 0 aliphatic carbocycles. The maximum absolute atomic E-state index is 12.3. The molecule has 0 amide bonds. The monoisotopic (exact) mass is 119 g/mol. The minimum Gasteiger partial charge on any atom is -0.347 e. The lowest BCUT2D eigenvalue weighted by Crippen LogP contribution is -2.30. The third kappa shape index (κ3) is 0.980. The number of hydrogen-bond acceptors (Lipinski definition) is 2. The fourth-order valence-corrected chi connectivity index (χ4v) is 0.830. The van der Waals surface area contributed by atoms with E-state index in [-0.39, 0.29) is 6.04 Å². The Hall–Kier alpha value is -0.150. The van der Waals surface area contributed by atoms with E-state index in [0.717, 1.165) is 6.42 Å². The molecule has 1 heterocycles. The molecule has 0 saturated carbocycles. The van der Waals surface area contributed by atoms with E-state index < -0.39 is 6.36 Å². The number of likely N-dealkylation sites (N-methyl/N-ethyl adjacent to an activating group) is 1. The molecule has 0 aromatic rings. The molecular weight excluding hydrogens is 109 g/mol. The number of ether oxygens (including phenoxy) is 1. The predicted molar refractivity (Wildman–Crippen MR) is 28.3 cm³/mol. The average molecular weight is 119 g/mol. The summed E-state index contributed by atoms with van der Waals surface area (Å²) in [6.45, 7) is 0.548. The van der Waals surface area contributed by atoms with Crippen molar-refractivity contribution in [3.63, 3.8) is 0 Å². The van der Waals surface area contributed by atoms with E-state index in [0.29, 0.717) is 6.61 Å². The highest BCUT2D eigenvalue weighted by atomic mass is 19.1. The van der Waals surface area contributed by atoms with Gasteiger partial charge in [0.25, 0.3) is 0 Å². The Kier molecular flexibility index (Phi) is 1.81. The van der Waals surface area contributed by atoms with Crippen LogP contribution in [-0.4, -0.2) is 26.1 Å². The number of nitrogens with one attached hydrogen (secondary N) is 1. The highest BCUT2D eigenvalue weighted by molar-refractivity contribution is 4.72. The minimum atomic E-state index is -1.08. The van der Waals surface area contributed by atoms with Crippen molar-refractivity contribution in [2.45, 2.75) is 18.8 Å². The second-order valence-electron chi connectivity index (χ2n) is 1.91. The Bertz CT molecular complexity index is 78.8. The zero-order valence-corrected chi connectivity index (χ0v) is 4.86. The second-order valence-corrected chi connectivity index (χ2v) is 1.91. The summed E-state index contributed by atoms with van der Waals surface area (Å²) in [6, 6.07) is -0.0741. The van der Waals surface area contributed by atoms with Gasteiger partial charge >= 0.3 is 0 Å². The van der Waals surface area contributed by atoms with E-state index >= 15 is 0 Å². The molecule has 1 aliphatic heterocycles. The van der Waals surface area contributed by atoms with Crippen LogP contribution in [-0.2, 0) is 4.74 Å². The van der Waals surface area contributed by atoms with Crippen LogP contribution in [0.5, 0.6) is 0 Å². The number of alkyl halides is 1. The van der Waals surface area contributed by atoms with Crippen molar-refractivity contribution in [1.29, 1.82) is 0 Å². The summed E-state index contributed by atoms with van der Waals surface area (Å²) in [4.78, 5) is 0. The molecular formula is C5H10FNO. The molecule has 8 heavy (non-hydrogen) atoms. The van der Waals surface area contributed by atoms with Crippen molar-refractivity contribution in [3.8, 4) is 0 Å². The van der Waals surface area contributed by atoms with Gasteiger partial charge in [-0.3, -0.25) is 0 Å². The second kappa shape index (κ2) is 2.42. The van der Waals surface area contributed by atoms with Gasteiger partial charge in [0.05, 0.1) is 12.6 Å².